The van der Waals surface area contributed by atoms with Crippen LogP contribution in [0.5, 0.6) is 11.5 Å². The molecule has 1 atom stereocenters. The van der Waals surface area contributed by atoms with Crippen LogP contribution in [0, 0.1) is 0 Å². The third kappa shape index (κ3) is 4.43. The topological polar surface area (TPSA) is 64.7 Å². The van der Waals surface area contributed by atoms with E-state index < -0.39 is 6.10 Å². The van der Waals surface area contributed by atoms with Crippen LogP contribution in [-0.4, -0.2) is 24.4 Å². The van der Waals surface area contributed by atoms with Crippen LogP contribution >= 0.6 is 15.9 Å². The Morgan fingerprint density at radius 2 is 1.65 bits per heavy atom. The van der Waals surface area contributed by atoms with Gasteiger partial charge in [0.15, 0.2) is 0 Å². The van der Waals surface area contributed by atoms with Gasteiger partial charge in [0.05, 0.1) is 5.69 Å². The first-order chi connectivity index (χ1) is 9.65. The van der Waals surface area contributed by atoms with Crippen LogP contribution in [0.2, 0.25) is 0 Å². The maximum Gasteiger partial charge on any atom is 0.142 e. The van der Waals surface area contributed by atoms with Crippen LogP contribution in [0.25, 0.3) is 0 Å². The van der Waals surface area contributed by atoms with Crippen molar-refractivity contribution in [3.8, 4) is 11.5 Å². The molecule has 2 rings (SSSR count). The molecule has 0 saturated carbocycles. The number of aliphatic hydroxyl groups is 1. The first kappa shape index (κ1) is 14.7. The highest BCUT2D eigenvalue weighted by atomic mass is 79.9. The number of rotatable bonds is 6. The highest BCUT2D eigenvalue weighted by Gasteiger charge is 2.08. The first-order valence-electron chi connectivity index (χ1n) is 6.19. The average molecular weight is 338 g/mol. The fourth-order valence-corrected chi connectivity index (χ4v) is 1.83. The minimum absolute atomic E-state index is 0.130. The van der Waals surface area contributed by atoms with Gasteiger partial charge in [-0.15, -0.1) is 0 Å². The number of hydrogen-bond donors (Lipinski definition) is 2. The Hall–Kier alpha value is -1.72. The van der Waals surface area contributed by atoms with E-state index in [-0.39, 0.29) is 13.2 Å². The largest absolute Gasteiger partial charge is 0.491 e. The summed E-state index contributed by atoms with van der Waals surface area (Å²) in [5.74, 6) is 1.27. The Kier molecular flexibility index (Phi) is 5.26. The van der Waals surface area contributed by atoms with Crippen LogP contribution < -0.4 is 15.2 Å². The van der Waals surface area contributed by atoms with Crippen molar-refractivity contribution < 1.29 is 14.6 Å². The van der Waals surface area contributed by atoms with Crippen molar-refractivity contribution in [2.24, 2.45) is 0 Å². The fourth-order valence-electron chi connectivity index (χ4n) is 1.57. The molecule has 0 aromatic heterocycles. The number of ether oxygens (including phenoxy) is 2. The third-order valence-corrected chi connectivity index (χ3v) is 3.13. The average Bonchev–Trinajstić information content (AvgIpc) is 2.46. The summed E-state index contributed by atoms with van der Waals surface area (Å²) in [4.78, 5) is 0. The summed E-state index contributed by atoms with van der Waals surface area (Å²) in [5.41, 5.74) is 6.29. The lowest BCUT2D eigenvalue weighted by Gasteiger charge is -2.14. The molecule has 0 amide bonds. The van der Waals surface area contributed by atoms with Gasteiger partial charge in [0.1, 0.15) is 30.8 Å². The van der Waals surface area contributed by atoms with Crippen molar-refractivity contribution in [2.75, 3.05) is 18.9 Å². The minimum atomic E-state index is -0.724. The first-order valence-corrected chi connectivity index (χ1v) is 6.98. The second-order valence-electron chi connectivity index (χ2n) is 4.27. The van der Waals surface area contributed by atoms with Gasteiger partial charge in [0, 0.05) is 4.47 Å². The zero-order valence-electron chi connectivity index (χ0n) is 10.8. The molecule has 3 N–H and O–H groups in total. The predicted octanol–water partition coefficient (Wildman–Crippen LogP) is 2.85. The van der Waals surface area contributed by atoms with Crippen LogP contribution in [0.4, 0.5) is 5.69 Å². The highest BCUT2D eigenvalue weighted by Crippen LogP contribution is 2.20. The van der Waals surface area contributed by atoms with Crippen molar-refractivity contribution in [2.45, 2.75) is 6.10 Å². The Morgan fingerprint density at radius 3 is 2.35 bits per heavy atom. The van der Waals surface area contributed by atoms with Gasteiger partial charge in [-0.1, -0.05) is 28.1 Å². The standard InChI is InChI=1S/C15H16BrNO3/c16-11-5-7-13(8-6-11)19-9-12(18)10-20-15-4-2-1-3-14(15)17/h1-8,12,18H,9-10,17H2. The van der Waals surface area contributed by atoms with Crippen molar-refractivity contribution in [3.63, 3.8) is 0 Å². The number of nitrogens with two attached hydrogens (primary N) is 1. The summed E-state index contributed by atoms with van der Waals surface area (Å²) in [6.07, 6.45) is -0.724. The molecular formula is C15H16BrNO3. The number of benzene rings is 2. The Labute approximate surface area is 126 Å². The predicted molar refractivity (Wildman–Crippen MR) is 82.0 cm³/mol. The summed E-state index contributed by atoms with van der Waals surface area (Å²) >= 11 is 3.35. The molecule has 4 nitrogen and oxygen atoms in total. The monoisotopic (exact) mass is 337 g/mol. The Morgan fingerprint density at radius 1 is 1.00 bits per heavy atom. The fraction of sp³-hybridized carbons (Fsp3) is 0.200. The van der Waals surface area contributed by atoms with Gasteiger partial charge in [-0.25, -0.2) is 0 Å². The molecular weight excluding hydrogens is 322 g/mol. The normalized spacial score (nSPS) is 11.9. The number of nitrogen functional groups attached to an aromatic ring is 1. The van der Waals surface area contributed by atoms with E-state index in [2.05, 4.69) is 15.9 Å². The molecule has 0 heterocycles. The molecule has 0 spiro atoms. The third-order valence-electron chi connectivity index (χ3n) is 2.61. The van der Waals surface area contributed by atoms with Crippen molar-refractivity contribution >= 4 is 21.6 Å². The van der Waals surface area contributed by atoms with Crippen LogP contribution in [0.1, 0.15) is 0 Å². The maximum atomic E-state index is 9.82. The molecule has 0 aliphatic heterocycles. The minimum Gasteiger partial charge on any atom is -0.491 e. The number of anilines is 1. The number of para-hydroxylation sites is 2. The molecule has 2 aromatic rings. The number of halogens is 1. The van der Waals surface area contributed by atoms with Gasteiger partial charge in [-0.05, 0) is 36.4 Å². The van der Waals surface area contributed by atoms with Gasteiger partial charge in [0.25, 0.3) is 0 Å². The lowest BCUT2D eigenvalue weighted by Crippen LogP contribution is -2.25. The highest BCUT2D eigenvalue weighted by molar-refractivity contribution is 9.10. The van der Waals surface area contributed by atoms with E-state index >= 15 is 0 Å². The summed E-state index contributed by atoms with van der Waals surface area (Å²) in [6, 6.07) is 14.6. The van der Waals surface area contributed by atoms with Gasteiger partial charge >= 0.3 is 0 Å². The van der Waals surface area contributed by atoms with Crippen molar-refractivity contribution in [1.82, 2.24) is 0 Å². The molecule has 0 radical (unpaired) electrons. The quantitative estimate of drug-likeness (QED) is 0.795. The van der Waals surface area contributed by atoms with E-state index in [4.69, 9.17) is 15.2 Å². The molecule has 0 aliphatic rings. The molecule has 106 valence electrons. The Bertz CT molecular complexity index is 545. The van der Waals surface area contributed by atoms with E-state index in [0.29, 0.717) is 17.2 Å². The second-order valence-corrected chi connectivity index (χ2v) is 5.18. The summed E-state index contributed by atoms with van der Waals surface area (Å²) < 4.78 is 11.9. The van der Waals surface area contributed by atoms with Crippen LogP contribution in [-0.2, 0) is 0 Å². The zero-order valence-corrected chi connectivity index (χ0v) is 12.4. The van der Waals surface area contributed by atoms with Gasteiger partial charge in [0.2, 0.25) is 0 Å². The summed E-state index contributed by atoms with van der Waals surface area (Å²) in [5, 5.41) is 9.82. The molecule has 2 aromatic carbocycles. The molecule has 0 bridgehead atoms. The van der Waals surface area contributed by atoms with E-state index in [1.165, 1.54) is 0 Å². The SMILES string of the molecule is Nc1ccccc1OCC(O)COc1ccc(Br)cc1. The lowest BCUT2D eigenvalue weighted by atomic mass is 10.3. The van der Waals surface area contributed by atoms with E-state index in [1.54, 1.807) is 12.1 Å². The van der Waals surface area contributed by atoms with Crippen LogP contribution in [0.15, 0.2) is 53.0 Å². The smallest absolute Gasteiger partial charge is 0.142 e. The van der Waals surface area contributed by atoms with E-state index in [9.17, 15) is 5.11 Å². The van der Waals surface area contributed by atoms with Gasteiger partial charge in [-0.2, -0.15) is 0 Å². The molecule has 0 saturated heterocycles. The van der Waals surface area contributed by atoms with Crippen LogP contribution in [0.3, 0.4) is 0 Å². The molecule has 5 heteroatoms. The molecule has 1 unspecified atom stereocenters. The molecule has 0 fully saturated rings. The molecule has 0 aliphatic carbocycles. The number of aliphatic hydroxyl groups excluding tert-OH is 1. The maximum absolute atomic E-state index is 9.82. The van der Waals surface area contributed by atoms with Gasteiger partial charge < -0.3 is 20.3 Å². The van der Waals surface area contributed by atoms with Crippen molar-refractivity contribution in [3.05, 3.63) is 53.0 Å². The summed E-state index contributed by atoms with van der Waals surface area (Å²) in [7, 11) is 0. The van der Waals surface area contributed by atoms with Crippen molar-refractivity contribution in [1.29, 1.82) is 0 Å². The lowest BCUT2D eigenvalue weighted by molar-refractivity contribution is 0.0629. The van der Waals surface area contributed by atoms with E-state index in [0.717, 1.165) is 4.47 Å². The second kappa shape index (κ2) is 7.17. The zero-order chi connectivity index (χ0) is 14.4. The van der Waals surface area contributed by atoms with Gasteiger partial charge in [-0.3, -0.25) is 0 Å². The van der Waals surface area contributed by atoms with E-state index in [1.807, 2.05) is 36.4 Å². The molecule has 20 heavy (non-hydrogen) atoms. The summed E-state index contributed by atoms with van der Waals surface area (Å²) in [6.45, 7) is 0.291. The Balaban J connectivity index is 1.77. The number of hydrogen-bond acceptors (Lipinski definition) is 4.